The summed E-state index contributed by atoms with van der Waals surface area (Å²) in [5.74, 6) is -3.48. The van der Waals surface area contributed by atoms with Gasteiger partial charge in [-0.15, -0.1) is 0 Å². The zero-order chi connectivity index (χ0) is 40.9. The maximum absolute atomic E-state index is 17.2. The number of hydrogen-bond acceptors (Lipinski definition) is 12. The second kappa shape index (κ2) is 13.9. The highest BCUT2D eigenvalue weighted by Crippen LogP contribution is 2.49. The van der Waals surface area contributed by atoms with Crippen LogP contribution in [0.25, 0.3) is 22.2 Å². The zero-order valence-corrected chi connectivity index (χ0v) is 32.8. The lowest BCUT2D eigenvalue weighted by molar-refractivity contribution is -0.143. The fourth-order valence-electron chi connectivity index (χ4n) is 9.72. The predicted molar refractivity (Wildman–Crippen MR) is 199 cm³/mol. The van der Waals surface area contributed by atoms with E-state index in [-0.39, 0.29) is 54.0 Å². The van der Waals surface area contributed by atoms with Gasteiger partial charge in [-0.1, -0.05) is 19.1 Å². The van der Waals surface area contributed by atoms with Gasteiger partial charge in [0.15, 0.2) is 11.9 Å². The first-order valence-electron chi connectivity index (χ1n) is 19.2. The van der Waals surface area contributed by atoms with Crippen molar-refractivity contribution in [3.8, 4) is 23.1 Å². The van der Waals surface area contributed by atoms with E-state index in [1.165, 1.54) is 6.92 Å². The number of carbonyl (C=O) groups is 1. The summed E-state index contributed by atoms with van der Waals surface area (Å²) in [6, 6.07) is -1.20. The van der Waals surface area contributed by atoms with E-state index in [0.717, 1.165) is 31.9 Å². The van der Waals surface area contributed by atoms with Crippen LogP contribution in [-0.2, 0) is 25.3 Å². The molecule has 4 saturated heterocycles. The number of ether oxygens (including phenoxy) is 2. The third-order valence-electron chi connectivity index (χ3n) is 12.3. The van der Waals surface area contributed by atoms with Crippen molar-refractivity contribution in [1.29, 1.82) is 0 Å². The number of aromatic nitrogens is 3. The molecule has 19 heteroatoms. The molecule has 0 radical (unpaired) electrons. The lowest BCUT2D eigenvalue weighted by atomic mass is 9.94. The van der Waals surface area contributed by atoms with Crippen molar-refractivity contribution in [1.82, 2.24) is 24.8 Å². The molecule has 5 aliphatic rings. The SMILES string of the molecule is C=C1CN2CCC[C@@]2(COc2nc3c4c(nc(-c5cc(N)c(F)c(C)c5C(F)(F)F)c(F)c4n2)O[C@@H](C)[C@@H]2[C@@H]4CC[C@H](CN32)N4C(=O)[C@@H](CC)OS(=O)(=O)CC)C1. The molecule has 0 aliphatic carbocycles. The van der Waals surface area contributed by atoms with Crippen molar-refractivity contribution < 1.29 is 48.8 Å². The molecule has 57 heavy (non-hydrogen) atoms. The molecule has 3 aromatic rings. The molecule has 4 fully saturated rings. The molecular formula is C38H44F5N7O6S. The number of halogens is 5. The first kappa shape index (κ1) is 39.5. The Hall–Kier alpha value is -4.36. The summed E-state index contributed by atoms with van der Waals surface area (Å²) < 4.78 is 119. The standard InChI is InChI=1S/C38H44F5N7O6S/c1-6-25(56-57(52,53)7-2)35(51)50-21-9-10-24(50)32-20(5)55-34-26-31(29(40)30(45-34)22-13-23(44)28(39)19(4)27(22)38(41,42)43)46-36(47-33(26)49(32)16-21)54-17-37-11-8-12-48(37)15-18(3)14-37/h13,20-21,24-25,32H,3,6-12,14-17,44H2,1-2,4-5H3/t20-,21+,24-,25+,32+,37-/m0/s1. The van der Waals surface area contributed by atoms with Gasteiger partial charge in [-0.3, -0.25) is 13.9 Å². The van der Waals surface area contributed by atoms with Crippen LogP contribution in [0.15, 0.2) is 18.2 Å². The van der Waals surface area contributed by atoms with Gasteiger partial charge in [-0.25, -0.2) is 13.8 Å². The van der Waals surface area contributed by atoms with Gasteiger partial charge >= 0.3 is 12.2 Å². The Labute approximate surface area is 326 Å². The Morgan fingerprint density at radius 1 is 1.18 bits per heavy atom. The number of nitrogens with two attached hydrogens (primary N) is 1. The monoisotopic (exact) mass is 821 g/mol. The van der Waals surface area contributed by atoms with Crippen LogP contribution in [0.4, 0.5) is 33.5 Å². The molecule has 6 atom stereocenters. The van der Waals surface area contributed by atoms with Gasteiger partial charge in [0.25, 0.3) is 16.0 Å². The summed E-state index contributed by atoms with van der Waals surface area (Å²) in [5, 5.41) is -0.0174. The van der Waals surface area contributed by atoms with E-state index in [2.05, 4.69) is 21.4 Å². The Morgan fingerprint density at radius 2 is 1.93 bits per heavy atom. The number of anilines is 2. The van der Waals surface area contributed by atoms with Crippen LogP contribution in [-0.4, -0.2) is 107 Å². The van der Waals surface area contributed by atoms with Crippen LogP contribution in [0.3, 0.4) is 0 Å². The molecule has 1 aromatic carbocycles. The second-order valence-corrected chi connectivity index (χ2v) is 17.7. The van der Waals surface area contributed by atoms with Crippen LogP contribution in [0.5, 0.6) is 11.9 Å². The second-order valence-electron chi connectivity index (χ2n) is 15.8. The van der Waals surface area contributed by atoms with Crippen molar-refractivity contribution in [2.24, 2.45) is 0 Å². The summed E-state index contributed by atoms with van der Waals surface area (Å²) in [6.45, 7) is 11.7. The molecule has 0 spiro atoms. The number of nitrogens with zero attached hydrogens (tertiary/aromatic N) is 6. The number of fused-ring (bicyclic) bond motifs is 6. The smallest absolute Gasteiger partial charge is 0.417 e. The molecule has 0 saturated carbocycles. The summed E-state index contributed by atoms with van der Waals surface area (Å²) in [5.41, 5.74) is 1.53. The normalized spacial score (nSPS) is 26.4. The number of alkyl halides is 3. The molecule has 308 valence electrons. The molecule has 7 heterocycles. The highest BCUT2D eigenvalue weighted by atomic mass is 32.2. The highest BCUT2D eigenvalue weighted by Gasteiger charge is 2.54. The largest absolute Gasteiger partial charge is 0.472 e. The van der Waals surface area contributed by atoms with Gasteiger partial charge < -0.3 is 25.0 Å². The average Bonchev–Trinajstić information content (AvgIpc) is 3.76. The van der Waals surface area contributed by atoms with Crippen molar-refractivity contribution in [3.63, 3.8) is 0 Å². The molecule has 5 aliphatic heterocycles. The van der Waals surface area contributed by atoms with Gasteiger partial charge in [0.1, 0.15) is 40.9 Å². The minimum absolute atomic E-state index is 0.0174. The molecular weight excluding hydrogens is 778 g/mol. The summed E-state index contributed by atoms with van der Waals surface area (Å²) in [6.07, 6.45) is -3.65. The summed E-state index contributed by atoms with van der Waals surface area (Å²) >= 11 is 0. The first-order valence-corrected chi connectivity index (χ1v) is 20.7. The zero-order valence-electron chi connectivity index (χ0n) is 32.0. The number of amides is 1. The van der Waals surface area contributed by atoms with Gasteiger partial charge in [-0.2, -0.15) is 31.6 Å². The molecule has 2 N–H and O–H groups in total. The minimum Gasteiger partial charge on any atom is -0.472 e. The van der Waals surface area contributed by atoms with E-state index in [1.807, 2.05) is 4.90 Å². The number of pyridine rings is 1. The lowest BCUT2D eigenvalue weighted by Crippen LogP contribution is -2.66. The highest BCUT2D eigenvalue weighted by molar-refractivity contribution is 7.86. The van der Waals surface area contributed by atoms with E-state index in [0.29, 0.717) is 31.9 Å². The van der Waals surface area contributed by atoms with Gasteiger partial charge in [-0.05, 0) is 77.5 Å². The topological polar surface area (TPSA) is 153 Å². The number of hydrogen-bond donors (Lipinski definition) is 1. The van der Waals surface area contributed by atoms with Crippen molar-refractivity contribution in [2.45, 2.75) is 108 Å². The molecule has 0 unspecified atom stereocenters. The molecule has 13 nitrogen and oxygen atoms in total. The Kier molecular flexibility index (Phi) is 9.62. The van der Waals surface area contributed by atoms with E-state index < -0.39 is 97.8 Å². The van der Waals surface area contributed by atoms with Crippen molar-refractivity contribution in [2.75, 3.05) is 42.6 Å². The third kappa shape index (κ3) is 6.43. The van der Waals surface area contributed by atoms with Crippen LogP contribution in [0, 0.1) is 18.6 Å². The summed E-state index contributed by atoms with van der Waals surface area (Å²) in [4.78, 5) is 33.6. The van der Waals surface area contributed by atoms with E-state index in [1.54, 1.807) is 18.7 Å². The maximum Gasteiger partial charge on any atom is 0.417 e. The minimum atomic E-state index is -5.13. The molecule has 2 aromatic heterocycles. The number of nitrogen functional groups attached to an aromatic ring is 1. The average molecular weight is 822 g/mol. The number of benzene rings is 1. The fourth-order valence-corrected chi connectivity index (χ4v) is 10.4. The Bertz CT molecular complexity index is 2300. The lowest BCUT2D eigenvalue weighted by Gasteiger charge is -2.48. The van der Waals surface area contributed by atoms with Crippen molar-refractivity contribution in [3.05, 3.63) is 41.0 Å². The third-order valence-corrected chi connectivity index (χ3v) is 13.5. The van der Waals surface area contributed by atoms with Crippen LogP contribution < -0.4 is 20.1 Å². The van der Waals surface area contributed by atoms with Crippen LogP contribution in [0.2, 0.25) is 0 Å². The maximum atomic E-state index is 17.2. The summed E-state index contributed by atoms with van der Waals surface area (Å²) in [7, 11) is -3.97. The van der Waals surface area contributed by atoms with Crippen LogP contribution >= 0.6 is 0 Å². The Balaban J connectivity index is 1.28. The molecule has 2 bridgehead atoms. The number of piperazine rings is 1. The van der Waals surface area contributed by atoms with E-state index in [9.17, 15) is 30.8 Å². The number of rotatable bonds is 9. The first-order chi connectivity index (χ1) is 26.9. The quantitative estimate of drug-likeness (QED) is 0.125. The molecule has 8 rings (SSSR count). The van der Waals surface area contributed by atoms with Gasteiger partial charge in [0, 0.05) is 24.7 Å². The number of carbonyl (C=O) groups excluding carboxylic acids is 1. The van der Waals surface area contributed by atoms with Gasteiger partial charge in [0.2, 0.25) is 5.88 Å². The van der Waals surface area contributed by atoms with E-state index in [4.69, 9.17) is 24.4 Å². The van der Waals surface area contributed by atoms with Crippen LogP contribution in [0.1, 0.15) is 70.4 Å². The predicted octanol–water partition coefficient (Wildman–Crippen LogP) is 5.53. The molecule has 1 amide bonds. The fraction of sp³-hybridized carbons (Fsp3) is 0.579. The van der Waals surface area contributed by atoms with Gasteiger partial charge in [0.05, 0.1) is 34.6 Å². The Morgan fingerprint density at radius 3 is 2.63 bits per heavy atom. The van der Waals surface area contributed by atoms with E-state index >= 15 is 4.39 Å². The van der Waals surface area contributed by atoms with Crippen molar-refractivity contribution >= 4 is 38.4 Å².